The summed E-state index contributed by atoms with van der Waals surface area (Å²) in [5.41, 5.74) is 3.45. The molecule has 1 fully saturated rings. The number of hydrogen-bond donors (Lipinski definition) is 4. The van der Waals surface area contributed by atoms with Crippen LogP contribution in [0, 0.1) is 0 Å². The van der Waals surface area contributed by atoms with E-state index in [1.807, 2.05) is 0 Å². The second kappa shape index (κ2) is 4.15. The molecule has 0 aliphatic carbocycles. The minimum Gasteiger partial charge on any atom is -0.394 e. The van der Waals surface area contributed by atoms with E-state index in [4.69, 9.17) is 15.6 Å². The van der Waals surface area contributed by atoms with E-state index in [0.717, 1.165) is 0 Å². The monoisotopic (exact) mass is 243 g/mol. The Morgan fingerprint density at radius 2 is 1.94 bits per heavy atom. The smallest absolute Gasteiger partial charge is 0.270 e. The van der Waals surface area contributed by atoms with E-state index in [9.17, 15) is 15.0 Å². The van der Waals surface area contributed by atoms with Crippen molar-refractivity contribution in [3.05, 3.63) is 0 Å². The second-order valence-electron chi connectivity index (χ2n) is 3.91. The van der Waals surface area contributed by atoms with Gasteiger partial charge in [-0.3, -0.25) is 4.79 Å². The molecule has 2 heterocycles. The van der Waals surface area contributed by atoms with Crippen molar-refractivity contribution in [2.24, 2.45) is 15.7 Å². The number of nitrogens with two attached hydrogens (primary N) is 1. The van der Waals surface area contributed by atoms with Crippen molar-refractivity contribution >= 4 is 18.3 Å². The van der Waals surface area contributed by atoms with Gasteiger partial charge >= 0.3 is 0 Å². The molecular weight excluding hydrogens is 230 g/mol. The number of rotatable bonds is 3. The van der Waals surface area contributed by atoms with Crippen molar-refractivity contribution in [2.45, 2.75) is 30.1 Å². The Kier molecular flexibility index (Phi) is 2.96. The van der Waals surface area contributed by atoms with Crippen LogP contribution < -0.4 is 5.73 Å². The van der Waals surface area contributed by atoms with E-state index in [-0.39, 0.29) is 0 Å². The molecule has 94 valence electrons. The molecular formula is C9H13N3O5. The Labute approximate surface area is 96.4 Å². The first-order valence-corrected chi connectivity index (χ1v) is 5.04. The van der Waals surface area contributed by atoms with Crippen molar-refractivity contribution in [1.82, 2.24) is 0 Å². The molecule has 0 aromatic carbocycles. The van der Waals surface area contributed by atoms with E-state index in [0.29, 0.717) is 0 Å². The fraction of sp³-hybridized carbons (Fsp3) is 0.667. The second-order valence-corrected chi connectivity index (χ2v) is 3.91. The number of aliphatic imine (C=N–C) groups is 2. The highest BCUT2D eigenvalue weighted by atomic mass is 16.6. The third-order valence-corrected chi connectivity index (χ3v) is 2.91. The number of carbonyl (C=O) groups is 1. The zero-order valence-corrected chi connectivity index (χ0v) is 8.80. The zero-order chi connectivity index (χ0) is 12.6. The Morgan fingerprint density at radius 3 is 2.35 bits per heavy atom. The molecule has 5 N–H and O–H groups in total. The van der Waals surface area contributed by atoms with Gasteiger partial charge in [0.25, 0.3) is 11.6 Å². The number of hydrogen-bond acceptors (Lipinski definition) is 7. The van der Waals surface area contributed by atoms with Gasteiger partial charge in [-0.15, -0.1) is 0 Å². The lowest BCUT2D eigenvalue weighted by atomic mass is 9.97. The van der Waals surface area contributed by atoms with Crippen molar-refractivity contribution in [2.75, 3.05) is 6.61 Å². The van der Waals surface area contributed by atoms with Gasteiger partial charge < -0.3 is 25.8 Å². The lowest BCUT2D eigenvalue weighted by Gasteiger charge is -2.27. The van der Waals surface area contributed by atoms with Crippen molar-refractivity contribution < 1.29 is 24.9 Å². The van der Waals surface area contributed by atoms with E-state index in [1.54, 1.807) is 0 Å². The topological polar surface area (TPSA) is 138 Å². The quantitative estimate of drug-likeness (QED) is 0.413. The molecule has 2 rings (SSSR count). The molecule has 0 saturated carbocycles. The molecule has 0 aromatic rings. The fourth-order valence-electron chi connectivity index (χ4n) is 1.97. The van der Waals surface area contributed by atoms with Gasteiger partial charge in [-0.05, 0) is 0 Å². The summed E-state index contributed by atoms with van der Waals surface area (Å²) < 4.78 is 5.21. The van der Waals surface area contributed by atoms with Crippen LogP contribution in [0.4, 0.5) is 0 Å². The summed E-state index contributed by atoms with van der Waals surface area (Å²) in [6, 6.07) is 0. The molecule has 1 saturated heterocycles. The highest BCUT2D eigenvalue weighted by Gasteiger charge is 2.57. The van der Waals surface area contributed by atoms with Gasteiger partial charge in [0.1, 0.15) is 24.4 Å². The normalized spacial score (nSPS) is 38.8. The third-order valence-electron chi connectivity index (χ3n) is 2.91. The first-order valence-electron chi connectivity index (χ1n) is 5.04. The SMILES string of the molecule is NC(=O)C1(C2O[C@H](CO)[C@@H](O)[C@H]2O)N=CC=N1. The molecule has 4 atom stereocenters. The number of amides is 1. The molecule has 8 heteroatoms. The summed E-state index contributed by atoms with van der Waals surface area (Å²) in [6.45, 7) is -0.489. The van der Waals surface area contributed by atoms with Gasteiger partial charge in [-0.25, -0.2) is 9.98 Å². The number of aliphatic hydroxyl groups excluding tert-OH is 3. The van der Waals surface area contributed by atoms with Crippen LogP contribution in [0.1, 0.15) is 0 Å². The summed E-state index contributed by atoms with van der Waals surface area (Å²) in [6.07, 6.45) is -2.38. The molecule has 2 aliphatic rings. The van der Waals surface area contributed by atoms with Crippen LogP contribution >= 0.6 is 0 Å². The molecule has 1 amide bonds. The highest BCUT2D eigenvalue weighted by molar-refractivity contribution is 6.19. The lowest BCUT2D eigenvalue weighted by molar-refractivity contribution is -0.131. The number of carbonyl (C=O) groups excluding carboxylic acids is 1. The predicted molar refractivity (Wildman–Crippen MR) is 56.7 cm³/mol. The predicted octanol–water partition coefficient (Wildman–Crippen LogP) is -3.20. The minimum absolute atomic E-state index is 0.489. The average Bonchev–Trinajstić information content (AvgIpc) is 2.87. The van der Waals surface area contributed by atoms with Gasteiger partial charge in [0.2, 0.25) is 0 Å². The number of ether oxygens (including phenoxy) is 1. The molecule has 1 unspecified atom stereocenters. The van der Waals surface area contributed by atoms with Crippen molar-refractivity contribution in [1.29, 1.82) is 0 Å². The largest absolute Gasteiger partial charge is 0.394 e. The van der Waals surface area contributed by atoms with E-state index < -0.39 is 42.6 Å². The molecule has 0 bridgehead atoms. The van der Waals surface area contributed by atoms with Crippen molar-refractivity contribution in [3.63, 3.8) is 0 Å². The summed E-state index contributed by atoms with van der Waals surface area (Å²) in [4.78, 5) is 19.0. The Morgan fingerprint density at radius 1 is 1.35 bits per heavy atom. The van der Waals surface area contributed by atoms with Crippen LogP contribution in [0.2, 0.25) is 0 Å². The van der Waals surface area contributed by atoms with Gasteiger partial charge in [-0.1, -0.05) is 0 Å². The van der Waals surface area contributed by atoms with Gasteiger partial charge in [-0.2, -0.15) is 0 Å². The fourth-order valence-corrected chi connectivity index (χ4v) is 1.97. The third kappa shape index (κ3) is 1.65. The van der Waals surface area contributed by atoms with E-state index in [1.165, 1.54) is 12.4 Å². The lowest BCUT2D eigenvalue weighted by Crippen LogP contribution is -2.54. The average molecular weight is 243 g/mol. The first-order chi connectivity index (χ1) is 8.03. The first kappa shape index (κ1) is 12.1. The molecule has 17 heavy (non-hydrogen) atoms. The van der Waals surface area contributed by atoms with Crippen LogP contribution in [0.25, 0.3) is 0 Å². The molecule has 0 aromatic heterocycles. The molecule has 0 radical (unpaired) electrons. The summed E-state index contributed by atoms with van der Waals surface area (Å²) >= 11 is 0. The van der Waals surface area contributed by atoms with Crippen molar-refractivity contribution in [3.8, 4) is 0 Å². The van der Waals surface area contributed by atoms with E-state index in [2.05, 4.69) is 9.98 Å². The zero-order valence-electron chi connectivity index (χ0n) is 8.80. The molecule has 0 spiro atoms. The Balaban J connectivity index is 2.31. The molecule has 2 aliphatic heterocycles. The molecule has 8 nitrogen and oxygen atoms in total. The van der Waals surface area contributed by atoms with Crippen LogP contribution in [0.15, 0.2) is 9.98 Å². The van der Waals surface area contributed by atoms with Gasteiger partial charge in [0.05, 0.1) is 6.61 Å². The highest BCUT2D eigenvalue weighted by Crippen LogP contribution is 2.33. The maximum Gasteiger partial charge on any atom is 0.270 e. The van der Waals surface area contributed by atoms with Crippen LogP contribution in [0.3, 0.4) is 0 Å². The summed E-state index contributed by atoms with van der Waals surface area (Å²) in [5, 5.41) is 28.3. The number of aliphatic hydroxyl groups is 3. The van der Waals surface area contributed by atoms with Crippen LogP contribution in [-0.2, 0) is 9.53 Å². The standard InChI is InChI=1S/C9H13N3O5/c10-8(16)9(11-1-2-12-9)7-6(15)5(14)4(3-13)17-7/h1-2,4-7,13-15H,3H2,(H2,10,16)/t4-,5-,6-,7?/m1/s1. The Bertz CT molecular complexity index is 371. The number of nitrogens with zero attached hydrogens (tertiary/aromatic N) is 2. The van der Waals surface area contributed by atoms with Gasteiger partial charge in [0.15, 0.2) is 0 Å². The number of primary amides is 1. The maximum absolute atomic E-state index is 11.4. The van der Waals surface area contributed by atoms with E-state index >= 15 is 0 Å². The van der Waals surface area contributed by atoms with Gasteiger partial charge in [0, 0.05) is 12.4 Å². The van der Waals surface area contributed by atoms with Crippen LogP contribution in [-0.4, -0.2) is 70.3 Å². The maximum atomic E-state index is 11.4. The van der Waals surface area contributed by atoms with Crippen LogP contribution in [0.5, 0.6) is 0 Å². The summed E-state index contributed by atoms with van der Waals surface area (Å²) in [7, 11) is 0. The Hall–Kier alpha value is -1.35. The summed E-state index contributed by atoms with van der Waals surface area (Å²) in [5.74, 6) is -0.891. The minimum atomic E-state index is -1.76.